The third-order valence-electron chi connectivity index (χ3n) is 4.91. The molecule has 0 spiro atoms. The molecule has 0 unspecified atom stereocenters. The quantitative estimate of drug-likeness (QED) is 0.386. The summed E-state index contributed by atoms with van der Waals surface area (Å²) < 4.78 is 39.1. The van der Waals surface area contributed by atoms with E-state index in [9.17, 15) is 13.7 Å². The standard InChI is InChI=1S/C22H21Cl2N3O5S/c1-22(2,16-10-14(12-25)20(18(24)11-16)30-9-8-23)15-4-6-17(7-5-15)31-13-19-26-27-21(32-19)33(3,28)29/h4-7,10-11H,8-9,13H2,1-3H3. The summed E-state index contributed by atoms with van der Waals surface area (Å²) in [6.45, 7) is 4.20. The number of rotatable bonds is 9. The van der Waals surface area contributed by atoms with Crippen molar-refractivity contribution < 1.29 is 22.3 Å². The number of hydrogen-bond donors (Lipinski definition) is 0. The van der Waals surface area contributed by atoms with E-state index in [2.05, 4.69) is 16.3 Å². The lowest BCUT2D eigenvalue weighted by molar-refractivity contribution is 0.250. The molecule has 0 saturated carbocycles. The van der Waals surface area contributed by atoms with E-state index < -0.39 is 20.5 Å². The summed E-state index contributed by atoms with van der Waals surface area (Å²) in [6.07, 6.45) is 0.985. The monoisotopic (exact) mass is 509 g/mol. The highest BCUT2D eigenvalue weighted by Crippen LogP contribution is 2.38. The number of halogens is 2. The number of sulfone groups is 1. The number of nitriles is 1. The van der Waals surface area contributed by atoms with Gasteiger partial charge in [-0.1, -0.05) is 42.7 Å². The highest BCUT2D eigenvalue weighted by Gasteiger charge is 2.26. The summed E-state index contributed by atoms with van der Waals surface area (Å²) in [5.74, 6) is 1.20. The summed E-state index contributed by atoms with van der Waals surface area (Å²) in [4.78, 5) is 0. The normalized spacial score (nSPS) is 11.8. The first-order valence-corrected chi connectivity index (χ1v) is 12.6. The molecule has 3 aromatic rings. The van der Waals surface area contributed by atoms with E-state index in [0.717, 1.165) is 17.4 Å². The Labute approximate surface area is 202 Å². The van der Waals surface area contributed by atoms with E-state index in [1.54, 1.807) is 24.3 Å². The number of aromatic nitrogens is 2. The highest BCUT2D eigenvalue weighted by atomic mass is 35.5. The van der Waals surface area contributed by atoms with Crippen molar-refractivity contribution >= 4 is 33.0 Å². The van der Waals surface area contributed by atoms with Crippen molar-refractivity contribution in [1.29, 1.82) is 5.26 Å². The van der Waals surface area contributed by atoms with Gasteiger partial charge in [0.2, 0.25) is 9.84 Å². The van der Waals surface area contributed by atoms with Crippen molar-refractivity contribution in [2.75, 3.05) is 18.7 Å². The van der Waals surface area contributed by atoms with Crippen molar-refractivity contribution in [3.8, 4) is 17.6 Å². The molecule has 0 aliphatic carbocycles. The van der Waals surface area contributed by atoms with Crippen LogP contribution in [-0.2, 0) is 21.9 Å². The third-order valence-corrected chi connectivity index (χ3v) is 6.15. The zero-order valence-electron chi connectivity index (χ0n) is 18.1. The molecular weight excluding hydrogens is 489 g/mol. The lowest BCUT2D eigenvalue weighted by atomic mass is 9.77. The predicted molar refractivity (Wildman–Crippen MR) is 123 cm³/mol. The van der Waals surface area contributed by atoms with Gasteiger partial charge in [-0.05, 0) is 35.4 Å². The van der Waals surface area contributed by atoms with E-state index in [4.69, 9.17) is 37.1 Å². The van der Waals surface area contributed by atoms with Gasteiger partial charge in [-0.25, -0.2) is 8.42 Å². The van der Waals surface area contributed by atoms with E-state index in [1.807, 2.05) is 26.0 Å². The molecule has 11 heteroatoms. The van der Waals surface area contributed by atoms with Gasteiger partial charge in [-0.2, -0.15) is 5.26 Å². The Morgan fingerprint density at radius 1 is 1.12 bits per heavy atom. The van der Waals surface area contributed by atoms with Crippen molar-refractivity contribution in [1.82, 2.24) is 10.2 Å². The van der Waals surface area contributed by atoms with E-state index in [1.165, 1.54) is 0 Å². The van der Waals surface area contributed by atoms with Crippen LogP contribution in [0.5, 0.6) is 11.5 Å². The molecular formula is C22H21Cl2N3O5S. The molecule has 0 bridgehead atoms. The first-order valence-electron chi connectivity index (χ1n) is 9.75. The van der Waals surface area contributed by atoms with Gasteiger partial charge < -0.3 is 13.9 Å². The largest absolute Gasteiger partial charge is 0.489 e. The Hall–Kier alpha value is -2.80. The van der Waals surface area contributed by atoms with Crippen LogP contribution in [0.25, 0.3) is 0 Å². The van der Waals surface area contributed by atoms with Crippen LogP contribution in [-0.4, -0.2) is 37.4 Å². The highest BCUT2D eigenvalue weighted by molar-refractivity contribution is 7.90. The molecule has 0 atom stereocenters. The summed E-state index contributed by atoms with van der Waals surface area (Å²) >= 11 is 12.1. The van der Waals surface area contributed by atoms with Crippen LogP contribution in [0.15, 0.2) is 46.0 Å². The maximum Gasteiger partial charge on any atom is 0.335 e. The van der Waals surface area contributed by atoms with Crippen LogP contribution in [0, 0.1) is 11.3 Å². The number of benzene rings is 2. The fourth-order valence-electron chi connectivity index (χ4n) is 3.05. The molecule has 33 heavy (non-hydrogen) atoms. The number of alkyl halides is 1. The molecule has 0 fully saturated rings. The smallest absolute Gasteiger partial charge is 0.335 e. The van der Waals surface area contributed by atoms with E-state index in [0.29, 0.717) is 22.1 Å². The lowest BCUT2D eigenvalue weighted by Crippen LogP contribution is -2.19. The molecule has 0 saturated heterocycles. The van der Waals surface area contributed by atoms with E-state index >= 15 is 0 Å². The second-order valence-electron chi connectivity index (χ2n) is 7.66. The number of ether oxygens (including phenoxy) is 2. The molecule has 3 rings (SSSR count). The second kappa shape index (κ2) is 10.00. The van der Waals surface area contributed by atoms with Crippen LogP contribution >= 0.6 is 23.2 Å². The number of hydrogen-bond acceptors (Lipinski definition) is 8. The minimum absolute atomic E-state index is 0.0509. The summed E-state index contributed by atoms with van der Waals surface area (Å²) in [7, 11) is -3.57. The van der Waals surface area contributed by atoms with Crippen molar-refractivity contribution in [2.45, 2.75) is 31.1 Å². The van der Waals surface area contributed by atoms with Gasteiger partial charge in [0.15, 0.2) is 12.4 Å². The Balaban J connectivity index is 1.77. The maximum atomic E-state index is 11.4. The van der Waals surface area contributed by atoms with Gasteiger partial charge in [-0.15, -0.1) is 16.7 Å². The van der Waals surface area contributed by atoms with Gasteiger partial charge in [0.25, 0.3) is 5.89 Å². The molecule has 0 aliphatic rings. The van der Waals surface area contributed by atoms with Gasteiger partial charge in [-0.3, -0.25) is 0 Å². The minimum Gasteiger partial charge on any atom is -0.489 e. The summed E-state index contributed by atoms with van der Waals surface area (Å²) in [5.41, 5.74) is 1.66. The lowest BCUT2D eigenvalue weighted by Gasteiger charge is -2.27. The van der Waals surface area contributed by atoms with Crippen LogP contribution in [0.2, 0.25) is 5.02 Å². The first kappa shape index (κ1) is 24.8. The predicted octanol–water partition coefficient (Wildman–Crippen LogP) is 4.52. The zero-order valence-corrected chi connectivity index (χ0v) is 20.5. The molecule has 0 aliphatic heterocycles. The van der Waals surface area contributed by atoms with Crippen LogP contribution in [0.1, 0.15) is 36.4 Å². The van der Waals surface area contributed by atoms with Crippen molar-refractivity contribution in [2.24, 2.45) is 0 Å². The first-order chi connectivity index (χ1) is 15.6. The van der Waals surface area contributed by atoms with Crippen molar-refractivity contribution in [3.05, 3.63) is 64.0 Å². The maximum absolute atomic E-state index is 11.4. The Bertz CT molecular complexity index is 1280. The van der Waals surface area contributed by atoms with Crippen LogP contribution in [0.4, 0.5) is 0 Å². The fourth-order valence-corrected chi connectivity index (χ4v) is 3.84. The van der Waals surface area contributed by atoms with Gasteiger partial charge in [0.1, 0.15) is 18.4 Å². The average molecular weight is 510 g/mol. The molecule has 8 nitrogen and oxygen atoms in total. The van der Waals surface area contributed by atoms with Crippen LogP contribution < -0.4 is 9.47 Å². The van der Waals surface area contributed by atoms with Gasteiger partial charge >= 0.3 is 5.22 Å². The third kappa shape index (κ3) is 5.77. The Kier molecular flexibility index (Phi) is 7.52. The zero-order chi connectivity index (χ0) is 24.2. The number of nitrogens with zero attached hydrogens (tertiary/aromatic N) is 3. The minimum atomic E-state index is -3.57. The Morgan fingerprint density at radius 3 is 2.39 bits per heavy atom. The fraction of sp³-hybridized carbons (Fsp3) is 0.318. The molecule has 0 N–H and O–H groups in total. The van der Waals surface area contributed by atoms with Gasteiger partial charge in [0.05, 0.1) is 16.5 Å². The Morgan fingerprint density at radius 2 is 1.82 bits per heavy atom. The molecule has 1 heterocycles. The molecule has 0 radical (unpaired) electrons. The van der Waals surface area contributed by atoms with Crippen molar-refractivity contribution in [3.63, 3.8) is 0 Å². The molecule has 174 valence electrons. The summed E-state index contributed by atoms with van der Waals surface area (Å²) in [5, 5.41) is 16.6. The van der Waals surface area contributed by atoms with Crippen LogP contribution in [0.3, 0.4) is 0 Å². The molecule has 2 aromatic carbocycles. The molecule has 0 amide bonds. The van der Waals surface area contributed by atoms with E-state index in [-0.39, 0.29) is 25.0 Å². The van der Waals surface area contributed by atoms with Gasteiger partial charge in [0, 0.05) is 11.7 Å². The average Bonchev–Trinajstić information content (AvgIpc) is 3.26. The SMILES string of the molecule is CC(C)(c1ccc(OCc2nnc(S(C)(=O)=O)o2)cc1)c1cc(Cl)c(OCCCl)c(C#N)c1. The topological polar surface area (TPSA) is 115 Å². The second-order valence-corrected chi connectivity index (χ2v) is 10.3. The molecule has 1 aromatic heterocycles. The summed E-state index contributed by atoms with van der Waals surface area (Å²) in [6, 6.07) is 13.0.